The third-order valence-corrected chi connectivity index (χ3v) is 3.74. The lowest BCUT2D eigenvalue weighted by Gasteiger charge is -2.23. The number of aromatic nitrogens is 2. The summed E-state index contributed by atoms with van der Waals surface area (Å²) in [5.74, 6) is 0.456. The van der Waals surface area contributed by atoms with Crippen molar-refractivity contribution in [3.63, 3.8) is 0 Å². The summed E-state index contributed by atoms with van der Waals surface area (Å²) in [5.41, 5.74) is 0.772. The van der Waals surface area contributed by atoms with E-state index in [1.807, 2.05) is 19.0 Å². The molecule has 6 heteroatoms. The molecule has 20 heavy (non-hydrogen) atoms. The van der Waals surface area contributed by atoms with E-state index in [0.29, 0.717) is 12.5 Å². The van der Waals surface area contributed by atoms with E-state index in [0.717, 1.165) is 31.9 Å². The van der Waals surface area contributed by atoms with Gasteiger partial charge in [0.25, 0.3) is 5.56 Å². The molecule has 0 spiro atoms. The van der Waals surface area contributed by atoms with Crippen LogP contribution in [0, 0.1) is 5.92 Å². The molecule has 1 aliphatic heterocycles. The fourth-order valence-electron chi connectivity index (χ4n) is 2.50. The summed E-state index contributed by atoms with van der Waals surface area (Å²) >= 11 is 0. The topological polar surface area (TPSA) is 59.4 Å². The second-order valence-electron chi connectivity index (χ2n) is 5.42. The van der Waals surface area contributed by atoms with Gasteiger partial charge in [0.1, 0.15) is 0 Å². The highest BCUT2D eigenvalue weighted by Gasteiger charge is 2.25. The number of rotatable bonds is 6. The van der Waals surface area contributed by atoms with Gasteiger partial charge in [-0.05, 0) is 13.0 Å². The van der Waals surface area contributed by atoms with Gasteiger partial charge in [0.15, 0.2) is 0 Å². The summed E-state index contributed by atoms with van der Waals surface area (Å²) < 4.78 is 6.99. The second-order valence-corrected chi connectivity index (χ2v) is 5.42. The minimum absolute atomic E-state index is 0.0574. The summed E-state index contributed by atoms with van der Waals surface area (Å²) in [7, 11) is 3.80. The summed E-state index contributed by atoms with van der Waals surface area (Å²) in [4.78, 5) is 14.0. The van der Waals surface area contributed by atoms with E-state index < -0.39 is 0 Å². The molecule has 0 saturated carbocycles. The number of nitrogens with zero attached hydrogens (tertiary/aromatic N) is 3. The highest BCUT2D eigenvalue weighted by atomic mass is 16.5. The summed E-state index contributed by atoms with van der Waals surface area (Å²) in [5, 5.41) is 7.72. The molecule has 2 heterocycles. The average Bonchev–Trinajstić information content (AvgIpc) is 2.94. The van der Waals surface area contributed by atoms with Crippen LogP contribution >= 0.6 is 0 Å². The molecule has 0 bridgehead atoms. The quantitative estimate of drug-likeness (QED) is 0.813. The van der Waals surface area contributed by atoms with Gasteiger partial charge in [-0.3, -0.25) is 4.79 Å². The Hall–Kier alpha value is -1.40. The molecule has 1 aliphatic rings. The Kier molecular flexibility index (Phi) is 5.14. The largest absolute Gasteiger partial charge is 0.381 e. The number of ether oxygens (including phenoxy) is 1. The second kappa shape index (κ2) is 6.85. The van der Waals surface area contributed by atoms with Crippen LogP contribution in [0.2, 0.25) is 0 Å². The third-order valence-electron chi connectivity index (χ3n) is 3.74. The lowest BCUT2D eigenvalue weighted by Crippen LogP contribution is -2.42. The fourth-order valence-corrected chi connectivity index (χ4v) is 2.50. The van der Waals surface area contributed by atoms with Crippen molar-refractivity contribution in [1.29, 1.82) is 0 Å². The van der Waals surface area contributed by atoms with Gasteiger partial charge in [-0.2, -0.15) is 5.10 Å². The Bertz CT molecular complexity index is 480. The molecule has 0 aliphatic carbocycles. The van der Waals surface area contributed by atoms with Crippen molar-refractivity contribution < 1.29 is 4.74 Å². The Morgan fingerprint density at radius 3 is 2.95 bits per heavy atom. The number of anilines is 1. The zero-order valence-corrected chi connectivity index (χ0v) is 12.5. The van der Waals surface area contributed by atoms with Crippen LogP contribution in [0.3, 0.4) is 0 Å². The Balaban J connectivity index is 2.11. The molecule has 0 amide bonds. The normalized spacial score (nSPS) is 20.1. The predicted octanol–water partition coefficient (Wildman–Crippen LogP) is 0.324. The maximum absolute atomic E-state index is 12.1. The van der Waals surface area contributed by atoms with Crippen molar-refractivity contribution in [1.82, 2.24) is 15.1 Å². The van der Waals surface area contributed by atoms with Gasteiger partial charge in [0.2, 0.25) is 0 Å². The Morgan fingerprint density at radius 2 is 2.40 bits per heavy atom. The molecule has 112 valence electrons. The molecule has 1 aromatic rings. The van der Waals surface area contributed by atoms with Crippen molar-refractivity contribution in [3.8, 4) is 0 Å². The zero-order chi connectivity index (χ0) is 14.5. The summed E-state index contributed by atoms with van der Waals surface area (Å²) in [6.07, 6.45) is 2.78. The number of nitrogens with one attached hydrogen (secondary N) is 1. The van der Waals surface area contributed by atoms with Crippen LogP contribution in [0.1, 0.15) is 13.3 Å². The standard InChI is InChI=1S/C14H24N4O2/c1-4-15-13(11-5-6-20-10-11)9-18-14(19)7-12(8-16-18)17(2)3/h7-8,11,13,15H,4-6,9-10H2,1-3H3. The minimum atomic E-state index is -0.0574. The number of likely N-dealkylation sites (N-methyl/N-ethyl adjacent to an activating group) is 1. The first-order valence-electron chi connectivity index (χ1n) is 7.17. The first-order valence-corrected chi connectivity index (χ1v) is 7.17. The van der Waals surface area contributed by atoms with Gasteiger partial charge < -0.3 is 15.0 Å². The van der Waals surface area contributed by atoms with Crippen LogP contribution < -0.4 is 15.8 Å². The smallest absolute Gasteiger partial charge is 0.268 e. The average molecular weight is 280 g/mol. The van der Waals surface area contributed by atoms with E-state index in [1.165, 1.54) is 0 Å². The summed E-state index contributed by atoms with van der Waals surface area (Å²) in [6.45, 7) is 5.13. The van der Waals surface area contributed by atoms with Crippen LogP contribution in [0.4, 0.5) is 5.69 Å². The van der Waals surface area contributed by atoms with Crippen LogP contribution in [-0.2, 0) is 11.3 Å². The van der Waals surface area contributed by atoms with Gasteiger partial charge >= 0.3 is 0 Å². The molecule has 6 nitrogen and oxygen atoms in total. The predicted molar refractivity (Wildman–Crippen MR) is 79.2 cm³/mol. The van der Waals surface area contributed by atoms with Crippen LogP contribution in [0.25, 0.3) is 0 Å². The van der Waals surface area contributed by atoms with E-state index in [-0.39, 0.29) is 11.6 Å². The Labute approximate surface area is 119 Å². The SMILES string of the molecule is CCNC(Cn1ncc(N(C)C)cc1=O)C1CCOC1. The van der Waals surface area contributed by atoms with Crippen molar-refractivity contribution >= 4 is 5.69 Å². The number of hydrogen-bond acceptors (Lipinski definition) is 5. The van der Waals surface area contributed by atoms with E-state index in [9.17, 15) is 4.79 Å². The third kappa shape index (κ3) is 3.58. The minimum Gasteiger partial charge on any atom is -0.381 e. The summed E-state index contributed by atoms with van der Waals surface area (Å²) in [6, 6.07) is 1.86. The Morgan fingerprint density at radius 1 is 1.60 bits per heavy atom. The van der Waals surface area contributed by atoms with Gasteiger partial charge in [-0.15, -0.1) is 0 Å². The maximum Gasteiger partial charge on any atom is 0.268 e. The van der Waals surface area contributed by atoms with Crippen molar-refractivity contribution in [2.24, 2.45) is 5.92 Å². The molecule has 2 rings (SSSR count). The monoisotopic (exact) mass is 280 g/mol. The van der Waals surface area contributed by atoms with Crippen molar-refractivity contribution in [2.45, 2.75) is 25.9 Å². The van der Waals surface area contributed by atoms with E-state index in [4.69, 9.17) is 4.74 Å². The number of hydrogen-bond donors (Lipinski definition) is 1. The van der Waals surface area contributed by atoms with E-state index in [1.54, 1.807) is 16.9 Å². The van der Waals surface area contributed by atoms with E-state index in [2.05, 4.69) is 17.3 Å². The van der Waals surface area contributed by atoms with Crippen molar-refractivity contribution in [2.75, 3.05) is 38.8 Å². The first-order chi connectivity index (χ1) is 9.61. The van der Waals surface area contributed by atoms with Gasteiger partial charge in [-0.25, -0.2) is 4.68 Å². The van der Waals surface area contributed by atoms with Crippen LogP contribution in [0.15, 0.2) is 17.1 Å². The lowest BCUT2D eigenvalue weighted by molar-refractivity contribution is 0.173. The molecule has 1 fully saturated rings. The lowest BCUT2D eigenvalue weighted by atomic mass is 9.99. The van der Waals surface area contributed by atoms with Gasteiger partial charge in [0.05, 0.1) is 25.0 Å². The fraction of sp³-hybridized carbons (Fsp3) is 0.714. The molecule has 0 aromatic carbocycles. The molecule has 1 N–H and O–H groups in total. The van der Waals surface area contributed by atoms with Gasteiger partial charge in [0, 0.05) is 38.7 Å². The molecular weight excluding hydrogens is 256 g/mol. The zero-order valence-electron chi connectivity index (χ0n) is 12.5. The maximum atomic E-state index is 12.1. The van der Waals surface area contributed by atoms with Crippen molar-refractivity contribution in [3.05, 3.63) is 22.6 Å². The van der Waals surface area contributed by atoms with Gasteiger partial charge in [-0.1, -0.05) is 6.92 Å². The highest BCUT2D eigenvalue weighted by molar-refractivity contribution is 5.40. The molecule has 0 radical (unpaired) electrons. The van der Waals surface area contributed by atoms with E-state index >= 15 is 0 Å². The molecule has 1 saturated heterocycles. The molecular formula is C14H24N4O2. The van der Waals surface area contributed by atoms with Crippen LogP contribution in [0.5, 0.6) is 0 Å². The molecule has 2 atom stereocenters. The first kappa shape index (κ1) is 15.0. The highest BCUT2D eigenvalue weighted by Crippen LogP contribution is 2.17. The molecule has 1 aromatic heterocycles. The molecule has 2 unspecified atom stereocenters. The van der Waals surface area contributed by atoms with Crippen LogP contribution in [-0.4, -0.2) is 49.7 Å².